The van der Waals surface area contributed by atoms with Crippen LogP contribution in [0.3, 0.4) is 0 Å². The highest BCUT2D eigenvalue weighted by Gasteiger charge is 2.05. The van der Waals surface area contributed by atoms with Gasteiger partial charge in [0.05, 0.1) is 6.61 Å². The van der Waals surface area contributed by atoms with Gasteiger partial charge in [-0.05, 0) is 30.7 Å². The molecule has 0 radical (unpaired) electrons. The molecule has 2 aromatic heterocycles. The van der Waals surface area contributed by atoms with Crippen LogP contribution in [-0.4, -0.2) is 33.1 Å². The fourth-order valence-corrected chi connectivity index (χ4v) is 1.58. The highest BCUT2D eigenvalue weighted by Crippen LogP contribution is 2.11. The summed E-state index contributed by atoms with van der Waals surface area (Å²) in [5.74, 6) is 0.412. The van der Waals surface area contributed by atoms with E-state index < -0.39 is 0 Å². The molecule has 0 aromatic carbocycles. The van der Waals surface area contributed by atoms with Crippen molar-refractivity contribution in [3.05, 3.63) is 35.4 Å². The first-order chi connectivity index (χ1) is 9.28. The van der Waals surface area contributed by atoms with Crippen molar-refractivity contribution in [2.75, 3.05) is 18.5 Å². The topological polar surface area (TPSA) is 72.8 Å². The molecule has 2 aromatic rings. The van der Waals surface area contributed by atoms with Gasteiger partial charge in [0, 0.05) is 24.9 Å². The summed E-state index contributed by atoms with van der Waals surface area (Å²) >= 11 is 5.79. The van der Waals surface area contributed by atoms with Gasteiger partial charge in [-0.25, -0.2) is 0 Å². The van der Waals surface area contributed by atoms with E-state index in [-0.39, 0.29) is 11.3 Å². The van der Waals surface area contributed by atoms with Gasteiger partial charge in [-0.15, -0.1) is 0 Å². The second kappa shape index (κ2) is 6.84. The third-order valence-electron chi connectivity index (χ3n) is 2.24. The Morgan fingerprint density at radius 2 is 2.16 bits per heavy atom. The molecule has 0 aliphatic carbocycles. The van der Waals surface area contributed by atoms with E-state index in [4.69, 9.17) is 16.3 Å². The molecule has 0 fully saturated rings. The summed E-state index contributed by atoms with van der Waals surface area (Å²) in [6, 6.07) is 5.96. The third-order valence-corrected chi connectivity index (χ3v) is 2.41. The molecule has 0 spiro atoms. The SMILES string of the molecule is CCNc1nc(Cl)nc(OCCc2ccccn2)n1. The van der Waals surface area contributed by atoms with Crippen molar-refractivity contribution in [3.8, 4) is 6.01 Å². The Kier molecular flexibility index (Phi) is 4.85. The summed E-state index contributed by atoms with van der Waals surface area (Å²) in [6.45, 7) is 3.08. The second-order valence-corrected chi connectivity index (χ2v) is 4.00. The average molecular weight is 280 g/mol. The molecule has 2 heterocycles. The minimum Gasteiger partial charge on any atom is -0.463 e. The fourth-order valence-electron chi connectivity index (χ4n) is 1.43. The summed E-state index contributed by atoms with van der Waals surface area (Å²) < 4.78 is 5.45. The molecule has 7 heteroatoms. The molecular weight excluding hydrogens is 266 g/mol. The number of anilines is 1. The van der Waals surface area contributed by atoms with Crippen LogP contribution in [0, 0.1) is 0 Å². The molecule has 0 saturated heterocycles. The zero-order chi connectivity index (χ0) is 13.5. The van der Waals surface area contributed by atoms with Gasteiger partial charge in [0.2, 0.25) is 11.2 Å². The summed E-state index contributed by atoms with van der Waals surface area (Å²) in [5, 5.41) is 3.07. The van der Waals surface area contributed by atoms with E-state index in [0.717, 1.165) is 5.69 Å². The van der Waals surface area contributed by atoms with Gasteiger partial charge < -0.3 is 10.1 Å². The van der Waals surface area contributed by atoms with Gasteiger partial charge in [0.1, 0.15) is 0 Å². The van der Waals surface area contributed by atoms with E-state index in [2.05, 4.69) is 25.3 Å². The van der Waals surface area contributed by atoms with Crippen LogP contribution in [-0.2, 0) is 6.42 Å². The normalized spacial score (nSPS) is 10.2. The first-order valence-electron chi connectivity index (χ1n) is 5.96. The van der Waals surface area contributed by atoms with Crippen LogP contribution in [0.15, 0.2) is 24.4 Å². The first-order valence-corrected chi connectivity index (χ1v) is 6.34. The van der Waals surface area contributed by atoms with Crippen LogP contribution < -0.4 is 10.1 Å². The van der Waals surface area contributed by atoms with Gasteiger partial charge in [-0.1, -0.05) is 6.07 Å². The first kappa shape index (κ1) is 13.5. The molecule has 6 nitrogen and oxygen atoms in total. The smallest absolute Gasteiger partial charge is 0.322 e. The van der Waals surface area contributed by atoms with E-state index in [1.807, 2.05) is 25.1 Å². The van der Waals surface area contributed by atoms with Crippen molar-refractivity contribution >= 4 is 17.5 Å². The lowest BCUT2D eigenvalue weighted by Gasteiger charge is -2.06. The number of hydrogen-bond donors (Lipinski definition) is 1. The number of hydrogen-bond acceptors (Lipinski definition) is 6. The van der Waals surface area contributed by atoms with Gasteiger partial charge in [-0.3, -0.25) is 4.98 Å². The highest BCUT2D eigenvalue weighted by atomic mass is 35.5. The van der Waals surface area contributed by atoms with Crippen molar-refractivity contribution in [1.29, 1.82) is 0 Å². The largest absolute Gasteiger partial charge is 0.463 e. The lowest BCUT2D eigenvalue weighted by molar-refractivity contribution is 0.294. The van der Waals surface area contributed by atoms with Crippen molar-refractivity contribution < 1.29 is 4.74 Å². The molecule has 19 heavy (non-hydrogen) atoms. The van der Waals surface area contributed by atoms with Crippen molar-refractivity contribution in [2.45, 2.75) is 13.3 Å². The number of rotatable bonds is 6. The van der Waals surface area contributed by atoms with E-state index in [9.17, 15) is 0 Å². The van der Waals surface area contributed by atoms with Gasteiger partial charge in [-0.2, -0.15) is 15.0 Å². The number of aromatic nitrogens is 4. The quantitative estimate of drug-likeness (QED) is 0.871. The fraction of sp³-hybridized carbons (Fsp3) is 0.333. The van der Waals surface area contributed by atoms with E-state index in [1.165, 1.54) is 0 Å². The number of halogens is 1. The molecule has 0 aliphatic rings. The Bertz CT molecular complexity index is 523. The highest BCUT2D eigenvalue weighted by molar-refractivity contribution is 6.28. The van der Waals surface area contributed by atoms with Crippen LogP contribution in [0.4, 0.5) is 5.95 Å². The zero-order valence-electron chi connectivity index (χ0n) is 10.5. The Morgan fingerprint density at radius 1 is 1.26 bits per heavy atom. The molecule has 0 amide bonds. The lowest BCUT2D eigenvalue weighted by Crippen LogP contribution is -2.09. The number of ether oxygens (including phenoxy) is 1. The van der Waals surface area contributed by atoms with E-state index in [0.29, 0.717) is 25.5 Å². The average Bonchev–Trinajstić information content (AvgIpc) is 2.40. The Morgan fingerprint density at radius 3 is 2.89 bits per heavy atom. The monoisotopic (exact) mass is 279 g/mol. The molecule has 0 saturated carbocycles. The Balaban J connectivity index is 1.92. The van der Waals surface area contributed by atoms with Gasteiger partial charge in [0.15, 0.2) is 0 Å². The Labute approximate surface area is 116 Å². The van der Waals surface area contributed by atoms with E-state index >= 15 is 0 Å². The van der Waals surface area contributed by atoms with Crippen molar-refractivity contribution in [3.63, 3.8) is 0 Å². The van der Waals surface area contributed by atoms with Gasteiger partial charge in [0.25, 0.3) is 0 Å². The molecule has 0 bridgehead atoms. The molecule has 100 valence electrons. The third kappa shape index (κ3) is 4.33. The molecule has 2 rings (SSSR count). The van der Waals surface area contributed by atoms with Gasteiger partial charge >= 0.3 is 6.01 Å². The molecule has 0 aliphatic heterocycles. The van der Waals surface area contributed by atoms with Crippen LogP contribution in [0.5, 0.6) is 6.01 Å². The molecule has 1 N–H and O–H groups in total. The summed E-state index contributed by atoms with van der Waals surface area (Å²) in [4.78, 5) is 16.1. The number of nitrogens with one attached hydrogen (secondary N) is 1. The molecule has 0 unspecified atom stereocenters. The van der Waals surface area contributed by atoms with Crippen LogP contribution in [0.1, 0.15) is 12.6 Å². The number of pyridine rings is 1. The predicted molar refractivity (Wildman–Crippen MR) is 72.4 cm³/mol. The minimum atomic E-state index is 0.110. The molecule has 0 atom stereocenters. The van der Waals surface area contributed by atoms with Crippen LogP contribution >= 0.6 is 11.6 Å². The maximum Gasteiger partial charge on any atom is 0.322 e. The minimum absolute atomic E-state index is 0.110. The summed E-state index contributed by atoms with van der Waals surface area (Å²) in [5.41, 5.74) is 0.953. The lowest BCUT2D eigenvalue weighted by atomic mass is 10.3. The number of nitrogens with zero attached hydrogens (tertiary/aromatic N) is 4. The van der Waals surface area contributed by atoms with Crippen LogP contribution in [0.2, 0.25) is 5.28 Å². The second-order valence-electron chi connectivity index (χ2n) is 3.66. The summed E-state index contributed by atoms with van der Waals surface area (Å²) in [6.07, 6.45) is 2.43. The summed E-state index contributed by atoms with van der Waals surface area (Å²) in [7, 11) is 0. The van der Waals surface area contributed by atoms with Crippen molar-refractivity contribution in [2.24, 2.45) is 0 Å². The maximum atomic E-state index is 5.79. The predicted octanol–water partition coefficient (Wildman–Crippen LogP) is 1.97. The van der Waals surface area contributed by atoms with Crippen molar-refractivity contribution in [1.82, 2.24) is 19.9 Å². The Hall–Kier alpha value is -1.95. The zero-order valence-corrected chi connectivity index (χ0v) is 11.3. The molecular formula is C12H14ClN5O. The van der Waals surface area contributed by atoms with Crippen LogP contribution in [0.25, 0.3) is 0 Å². The van der Waals surface area contributed by atoms with E-state index in [1.54, 1.807) is 6.20 Å². The standard InChI is InChI=1S/C12H14ClN5O/c1-2-14-11-16-10(13)17-12(18-11)19-8-6-9-5-3-4-7-15-9/h3-5,7H,2,6,8H2,1H3,(H,14,16,17,18). The maximum absolute atomic E-state index is 5.79.